The van der Waals surface area contributed by atoms with Gasteiger partial charge in [-0.15, -0.1) is 0 Å². The lowest BCUT2D eigenvalue weighted by Crippen LogP contribution is -2.05. The average molecular weight is 365 g/mol. The molecule has 0 bridgehead atoms. The lowest BCUT2D eigenvalue weighted by atomic mass is 10.2. The van der Waals surface area contributed by atoms with Gasteiger partial charge in [0, 0.05) is 21.7 Å². The summed E-state index contributed by atoms with van der Waals surface area (Å²) in [5.41, 5.74) is 0.884. The Balaban J connectivity index is 2.06. The minimum atomic E-state index is -4.31. The van der Waals surface area contributed by atoms with Gasteiger partial charge in [0.15, 0.2) is 0 Å². The third-order valence-corrected chi connectivity index (χ3v) is 3.71. The number of benzene rings is 2. The zero-order chi connectivity index (χ0) is 14.8. The van der Waals surface area contributed by atoms with E-state index in [1.807, 2.05) is 6.07 Å². The highest BCUT2D eigenvalue weighted by Gasteiger charge is 2.29. The first kappa shape index (κ1) is 15.2. The summed E-state index contributed by atoms with van der Waals surface area (Å²) in [5.74, 6) is 0. The van der Waals surface area contributed by atoms with Crippen molar-refractivity contribution < 1.29 is 13.2 Å². The molecular formula is C14H10BrClF3N. The van der Waals surface area contributed by atoms with Crippen LogP contribution >= 0.6 is 27.5 Å². The van der Waals surface area contributed by atoms with Crippen LogP contribution < -0.4 is 5.32 Å². The van der Waals surface area contributed by atoms with Gasteiger partial charge in [-0.2, -0.15) is 13.2 Å². The summed E-state index contributed by atoms with van der Waals surface area (Å²) in [6, 6.07) is 10.3. The van der Waals surface area contributed by atoms with Crippen LogP contribution in [0.15, 0.2) is 46.9 Å². The molecule has 0 heterocycles. The van der Waals surface area contributed by atoms with Crippen molar-refractivity contribution in [3.05, 3.63) is 63.1 Å². The maximum absolute atomic E-state index is 12.4. The molecule has 106 valence electrons. The second-order valence-electron chi connectivity index (χ2n) is 4.16. The smallest absolute Gasteiger partial charge is 0.381 e. The maximum atomic E-state index is 12.4. The highest BCUT2D eigenvalue weighted by molar-refractivity contribution is 9.10. The van der Waals surface area contributed by atoms with Crippen molar-refractivity contribution in [2.45, 2.75) is 12.7 Å². The van der Waals surface area contributed by atoms with Crippen LogP contribution in [0.25, 0.3) is 0 Å². The van der Waals surface area contributed by atoms with Crippen LogP contribution in [-0.2, 0) is 12.7 Å². The first-order valence-electron chi connectivity index (χ1n) is 5.71. The van der Waals surface area contributed by atoms with E-state index in [0.29, 0.717) is 17.3 Å². The Hall–Kier alpha value is -1.20. The molecule has 0 saturated heterocycles. The van der Waals surface area contributed by atoms with Crippen molar-refractivity contribution in [3.8, 4) is 0 Å². The van der Waals surface area contributed by atoms with Gasteiger partial charge in [0.05, 0.1) is 5.56 Å². The van der Waals surface area contributed by atoms with E-state index in [0.717, 1.165) is 22.2 Å². The van der Waals surface area contributed by atoms with E-state index in [2.05, 4.69) is 21.2 Å². The van der Waals surface area contributed by atoms with Gasteiger partial charge in [-0.05, 0) is 48.0 Å². The first-order chi connectivity index (χ1) is 9.36. The monoisotopic (exact) mass is 363 g/mol. The van der Waals surface area contributed by atoms with Crippen molar-refractivity contribution in [3.63, 3.8) is 0 Å². The molecule has 2 rings (SSSR count). The van der Waals surface area contributed by atoms with Gasteiger partial charge in [-0.1, -0.05) is 27.5 Å². The molecule has 0 aliphatic heterocycles. The van der Waals surface area contributed by atoms with Gasteiger partial charge in [0.25, 0.3) is 0 Å². The maximum Gasteiger partial charge on any atom is 0.416 e. The van der Waals surface area contributed by atoms with Gasteiger partial charge >= 0.3 is 6.18 Å². The molecular weight excluding hydrogens is 355 g/mol. The third-order valence-electron chi connectivity index (χ3n) is 2.70. The minimum Gasteiger partial charge on any atom is -0.381 e. The van der Waals surface area contributed by atoms with Crippen LogP contribution in [0.1, 0.15) is 11.1 Å². The number of nitrogens with one attached hydrogen (secondary N) is 1. The fourth-order valence-corrected chi connectivity index (χ4v) is 2.23. The summed E-state index contributed by atoms with van der Waals surface area (Å²) in [6.07, 6.45) is -4.31. The highest BCUT2D eigenvalue weighted by Crippen LogP contribution is 2.30. The molecule has 2 aromatic rings. The van der Waals surface area contributed by atoms with E-state index in [9.17, 15) is 13.2 Å². The standard InChI is InChI=1S/C14H10BrClF3N/c15-13-6-3-11(16)7-9(13)8-20-12-4-1-10(2-5-12)14(17,18)19/h1-7,20H,8H2. The van der Waals surface area contributed by atoms with E-state index in [1.54, 1.807) is 12.1 Å². The number of halogens is 5. The molecule has 0 spiro atoms. The third kappa shape index (κ3) is 3.90. The molecule has 20 heavy (non-hydrogen) atoms. The Morgan fingerprint density at radius 1 is 1.05 bits per heavy atom. The molecule has 6 heteroatoms. The van der Waals surface area contributed by atoms with Crippen LogP contribution in [0, 0.1) is 0 Å². The topological polar surface area (TPSA) is 12.0 Å². The molecule has 1 nitrogen and oxygen atoms in total. The van der Waals surface area contributed by atoms with Crippen molar-refractivity contribution >= 4 is 33.2 Å². The predicted octanol–water partition coefficient (Wildman–Crippen LogP) is 5.73. The molecule has 0 radical (unpaired) electrons. The largest absolute Gasteiger partial charge is 0.416 e. The molecule has 0 atom stereocenters. The van der Waals surface area contributed by atoms with Crippen LogP contribution in [0.2, 0.25) is 5.02 Å². The van der Waals surface area contributed by atoms with E-state index in [1.165, 1.54) is 12.1 Å². The van der Waals surface area contributed by atoms with Gasteiger partial charge in [-0.25, -0.2) is 0 Å². The van der Waals surface area contributed by atoms with E-state index in [4.69, 9.17) is 11.6 Å². The Bertz CT molecular complexity index is 596. The minimum absolute atomic E-state index is 0.465. The molecule has 0 amide bonds. The van der Waals surface area contributed by atoms with Gasteiger partial charge in [-0.3, -0.25) is 0 Å². The molecule has 2 aromatic carbocycles. The SMILES string of the molecule is FC(F)(F)c1ccc(NCc2cc(Cl)ccc2Br)cc1. The van der Waals surface area contributed by atoms with Crippen molar-refractivity contribution in [1.82, 2.24) is 0 Å². The fraction of sp³-hybridized carbons (Fsp3) is 0.143. The lowest BCUT2D eigenvalue weighted by Gasteiger charge is -2.10. The quantitative estimate of drug-likeness (QED) is 0.733. The zero-order valence-electron chi connectivity index (χ0n) is 10.1. The highest BCUT2D eigenvalue weighted by atomic mass is 79.9. The van der Waals surface area contributed by atoms with Gasteiger partial charge in [0.2, 0.25) is 0 Å². The van der Waals surface area contributed by atoms with Crippen LogP contribution in [0.5, 0.6) is 0 Å². The lowest BCUT2D eigenvalue weighted by molar-refractivity contribution is -0.137. The number of hydrogen-bond donors (Lipinski definition) is 1. The number of alkyl halides is 3. The molecule has 0 fully saturated rings. The van der Waals surface area contributed by atoms with Crippen LogP contribution in [0.4, 0.5) is 18.9 Å². The fourth-order valence-electron chi connectivity index (χ4n) is 1.65. The predicted molar refractivity (Wildman–Crippen MR) is 77.9 cm³/mol. The first-order valence-corrected chi connectivity index (χ1v) is 6.88. The summed E-state index contributed by atoms with van der Waals surface area (Å²) in [7, 11) is 0. The summed E-state index contributed by atoms with van der Waals surface area (Å²) in [5, 5.41) is 3.66. The van der Waals surface area contributed by atoms with Crippen LogP contribution in [0.3, 0.4) is 0 Å². The molecule has 0 aliphatic carbocycles. The number of hydrogen-bond acceptors (Lipinski definition) is 1. The molecule has 1 N–H and O–H groups in total. The molecule has 0 unspecified atom stereocenters. The summed E-state index contributed by atoms with van der Waals surface area (Å²) in [4.78, 5) is 0. The van der Waals surface area contributed by atoms with E-state index >= 15 is 0 Å². The van der Waals surface area contributed by atoms with E-state index < -0.39 is 11.7 Å². The normalized spacial score (nSPS) is 11.4. The second-order valence-corrected chi connectivity index (χ2v) is 5.46. The summed E-state index contributed by atoms with van der Waals surface area (Å²) in [6.45, 7) is 0.465. The van der Waals surface area contributed by atoms with Crippen molar-refractivity contribution in [2.24, 2.45) is 0 Å². The Labute approximate surface area is 127 Å². The van der Waals surface area contributed by atoms with Crippen molar-refractivity contribution in [1.29, 1.82) is 0 Å². The number of rotatable bonds is 3. The summed E-state index contributed by atoms with van der Waals surface area (Å²) >= 11 is 9.29. The Kier molecular flexibility index (Phi) is 4.60. The number of anilines is 1. The average Bonchev–Trinajstić information content (AvgIpc) is 2.39. The zero-order valence-corrected chi connectivity index (χ0v) is 12.5. The van der Waals surface area contributed by atoms with Crippen LogP contribution in [-0.4, -0.2) is 0 Å². The second kappa shape index (κ2) is 6.06. The molecule has 0 saturated carbocycles. The van der Waals surface area contributed by atoms with Crippen molar-refractivity contribution in [2.75, 3.05) is 5.32 Å². The Morgan fingerprint density at radius 3 is 2.30 bits per heavy atom. The molecule has 0 aliphatic rings. The van der Waals surface area contributed by atoms with Gasteiger partial charge < -0.3 is 5.32 Å². The summed E-state index contributed by atoms with van der Waals surface area (Å²) < 4.78 is 38.2. The van der Waals surface area contributed by atoms with Gasteiger partial charge in [0.1, 0.15) is 0 Å². The van der Waals surface area contributed by atoms with E-state index in [-0.39, 0.29) is 0 Å². The molecule has 0 aromatic heterocycles. The Morgan fingerprint density at radius 2 is 1.70 bits per heavy atom.